The van der Waals surface area contributed by atoms with E-state index in [1.54, 1.807) is 24.3 Å². The summed E-state index contributed by atoms with van der Waals surface area (Å²) in [4.78, 5) is 38.6. The SMILES string of the molecule is COC(=O)c1ccccc1N1CC(C(=O)NC(C)c2ccccc2)CC1=O. The van der Waals surface area contributed by atoms with Gasteiger partial charge in [0.1, 0.15) is 0 Å². The maximum Gasteiger partial charge on any atom is 0.339 e. The molecule has 0 bridgehead atoms. The lowest BCUT2D eigenvalue weighted by Crippen LogP contribution is -2.34. The summed E-state index contributed by atoms with van der Waals surface area (Å²) in [6.07, 6.45) is 0.114. The van der Waals surface area contributed by atoms with E-state index in [1.165, 1.54) is 12.0 Å². The number of hydrogen-bond acceptors (Lipinski definition) is 4. The summed E-state index contributed by atoms with van der Waals surface area (Å²) in [5, 5.41) is 2.97. The Bertz CT molecular complexity index is 850. The minimum Gasteiger partial charge on any atom is -0.465 e. The van der Waals surface area contributed by atoms with Crippen LogP contribution in [-0.4, -0.2) is 31.4 Å². The standard InChI is InChI=1S/C21H22N2O4/c1-14(15-8-4-3-5-9-15)22-20(25)16-12-19(24)23(13-16)18-11-7-6-10-17(18)21(26)27-2/h3-11,14,16H,12-13H2,1-2H3,(H,22,25). The highest BCUT2D eigenvalue weighted by atomic mass is 16.5. The molecular formula is C21H22N2O4. The number of nitrogens with one attached hydrogen (secondary N) is 1. The van der Waals surface area contributed by atoms with E-state index in [0.29, 0.717) is 11.3 Å². The molecule has 2 unspecified atom stereocenters. The van der Waals surface area contributed by atoms with Crippen LogP contribution in [0.1, 0.15) is 35.3 Å². The number of rotatable bonds is 5. The van der Waals surface area contributed by atoms with Gasteiger partial charge < -0.3 is 15.0 Å². The van der Waals surface area contributed by atoms with Crippen molar-refractivity contribution in [2.75, 3.05) is 18.6 Å². The molecule has 2 aromatic carbocycles. The maximum atomic E-state index is 12.6. The lowest BCUT2D eigenvalue weighted by atomic mass is 10.1. The highest BCUT2D eigenvalue weighted by Gasteiger charge is 2.37. The molecule has 2 aromatic rings. The summed E-state index contributed by atoms with van der Waals surface area (Å²) >= 11 is 0. The summed E-state index contributed by atoms with van der Waals surface area (Å²) in [7, 11) is 1.30. The van der Waals surface area contributed by atoms with Gasteiger partial charge in [-0.15, -0.1) is 0 Å². The van der Waals surface area contributed by atoms with E-state index in [1.807, 2.05) is 37.3 Å². The van der Waals surface area contributed by atoms with Crippen LogP contribution < -0.4 is 10.2 Å². The average molecular weight is 366 g/mol. The Morgan fingerprint density at radius 1 is 1.11 bits per heavy atom. The van der Waals surface area contributed by atoms with Gasteiger partial charge in [-0.2, -0.15) is 0 Å². The Hall–Kier alpha value is -3.15. The zero-order valence-electron chi connectivity index (χ0n) is 15.3. The van der Waals surface area contributed by atoms with Crippen molar-refractivity contribution in [3.8, 4) is 0 Å². The molecule has 0 saturated carbocycles. The van der Waals surface area contributed by atoms with E-state index < -0.39 is 11.9 Å². The smallest absolute Gasteiger partial charge is 0.339 e. The van der Waals surface area contributed by atoms with Crippen molar-refractivity contribution in [3.05, 3.63) is 65.7 Å². The molecule has 0 aliphatic carbocycles. The van der Waals surface area contributed by atoms with E-state index >= 15 is 0 Å². The van der Waals surface area contributed by atoms with Gasteiger partial charge >= 0.3 is 5.97 Å². The van der Waals surface area contributed by atoms with Crippen molar-refractivity contribution in [1.82, 2.24) is 5.32 Å². The fourth-order valence-corrected chi connectivity index (χ4v) is 3.26. The molecule has 140 valence electrons. The normalized spacial score (nSPS) is 17.5. The Labute approximate surface area is 158 Å². The van der Waals surface area contributed by atoms with E-state index in [9.17, 15) is 14.4 Å². The zero-order chi connectivity index (χ0) is 19.4. The molecule has 2 atom stereocenters. The number of amides is 2. The van der Waals surface area contributed by atoms with Crippen LogP contribution in [0.5, 0.6) is 0 Å². The van der Waals surface area contributed by atoms with Gasteiger partial charge in [0.15, 0.2) is 0 Å². The van der Waals surface area contributed by atoms with Gasteiger partial charge in [0.2, 0.25) is 11.8 Å². The largest absolute Gasteiger partial charge is 0.465 e. The van der Waals surface area contributed by atoms with Crippen LogP contribution >= 0.6 is 0 Å². The summed E-state index contributed by atoms with van der Waals surface area (Å²) < 4.78 is 4.79. The first-order valence-corrected chi connectivity index (χ1v) is 8.84. The zero-order valence-corrected chi connectivity index (χ0v) is 15.3. The number of hydrogen-bond donors (Lipinski definition) is 1. The number of anilines is 1. The molecule has 1 aliphatic rings. The molecule has 0 radical (unpaired) electrons. The summed E-state index contributed by atoms with van der Waals surface area (Å²) in [5.41, 5.74) is 1.79. The lowest BCUT2D eigenvalue weighted by molar-refractivity contribution is -0.126. The van der Waals surface area contributed by atoms with E-state index in [4.69, 9.17) is 4.74 Å². The van der Waals surface area contributed by atoms with Gasteiger partial charge in [-0.1, -0.05) is 42.5 Å². The van der Waals surface area contributed by atoms with Crippen LogP contribution in [-0.2, 0) is 14.3 Å². The van der Waals surface area contributed by atoms with E-state index in [0.717, 1.165) is 5.56 Å². The van der Waals surface area contributed by atoms with E-state index in [2.05, 4.69) is 5.32 Å². The van der Waals surface area contributed by atoms with Gasteiger partial charge in [-0.05, 0) is 24.6 Å². The molecule has 1 N–H and O–H groups in total. The number of carbonyl (C=O) groups is 3. The molecular weight excluding hydrogens is 344 g/mol. The molecule has 3 rings (SSSR count). The monoisotopic (exact) mass is 366 g/mol. The predicted molar refractivity (Wildman–Crippen MR) is 101 cm³/mol. The number of benzene rings is 2. The number of esters is 1. The Kier molecular flexibility index (Phi) is 5.54. The van der Waals surface area contributed by atoms with Gasteiger partial charge in [-0.3, -0.25) is 9.59 Å². The average Bonchev–Trinajstić information content (AvgIpc) is 3.09. The van der Waals surface area contributed by atoms with Crippen LogP contribution in [0.25, 0.3) is 0 Å². The molecule has 0 spiro atoms. The third kappa shape index (κ3) is 4.00. The molecule has 1 saturated heterocycles. The quantitative estimate of drug-likeness (QED) is 0.826. The summed E-state index contributed by atoms with van der Waals surface area (Å²) in [6, 6.07) is 16.3. The fourth-order valence-electron chi connectivity index (χ4n) is 3.26. The van der Waals surface area contributed by atoms with Crippen LogP contribution in [0.3, 0.4) is 0 Å². The number of ether oxygens (including phenoxy) is 1. The van der Waals surface area contributed by atoms with Crippen LogP contribution in [0.2, 0.25) is 0 Å². The van der Waals surface area contributed by atoms with Crippen molar-refractivity contribution in [2.24, 2.45) is 5.92 Å². The number of methoxy groups -OCH3 is 1. The van der Waals surface area contributed by atoms with Crippen molar-refractivity contribution >= 4 is 23.5 Å². The second kappa shape index (κ2) is 8.03. The maximum absolute atomic E-state index is 12.6. The first kappa shape index (κ1) is 18.6. The van der Waals surface area contributed by atoms with Gasteiger partial charge in [0.25, 0.3) is 0 Å². The van der Waals surface area contributed by atoms with Crippen LogP contribution in [0, 0.1) is 5.92 Å². The topological polar surface area (TPSA) is 75.7 Å². The molecule has 1 aliphatic heterocycles. The Morgan fingerprint density at radius 3 is 2.48 bits per heavy atom. The highest BCUT2D eigenvalue weighted by Crippen LogP contribution is 2.29. The van der Waals surface area contributed by atoms with Crippen molar-refractivity contribution in [3.63, 3.8) is 0 Å². The van der Waals surface area contributed by atoms with Crippen LogP contribution in [0.4, 0.5) is 5.69 Å². The van der Waals surface area contributed by atoms with E-state index in [-0.39, 0.29) is 30.8 Å². The van der Waals surface area contributed by atoms with Gasteiger partial charge in [0.05, 0.1) is 30.3 Å². The number of para-hydroxylation sites is 1. The Morgan fingerprint density at radius 2 is 1.78 bits per heavy atom. The molecule has 1 heterocycles. The molecule has 2 amide bonds. The Balaban J connectivity index is 1.72. The second-order valence-corrected chi connectivity index (χ2v) is 6.56. The second-order valence-electron chi connectivity index (χ2n) is 6.56. The molecule has 6 nitrogen and oxygen atoms in total. The molecule has 6 heteroatoms. The first-order valence-electron chi connectivity index (χ1n) is 8.84. The fraction of sp³-hybridized carbons (Fsp3) is 0.286. The molecule has 1 fully saturated rings. The predicted octanol–water partition coefficient (Wildman–Crippen LogP) is 2.70. The number of nitrogens with zero attached hydrogens (tertiary/aromatic N) is 1. The van der Waals surface area contributed by atoms with Crippen molar-refractivity contribution < 1.29 is 19.1 Å². The summed E-state index contributed by atoms with van der Waals surface area (Å²) in [5.74, 6) is -1.32. The minimum absolute atomic E-state index is 0.114. The van der Waals surface area contributed by atoms with Gasteiger partial charge in [-0.25, -0.2) is 4.79 Å². The molecule has 0 aromatic heterocycles. The molecule has 27 heavy (non-hydrogen) atoms. The van der Waals surface area contributed by atoms with Crippen molar-refractivity contribution in [2.45, 2.75) is 19.4 Å². The highest BCUT2D eigenvalue weighted by molar-refractivity contribution is 6.05. The van der Waals surface area contributed by atoms with Gasteiger partial charge in [0, 0.05) is 13.0 Å². The van der Waals surface area contributed by atoms with Crippen LogP contribution in [0.15, 0.2) is 54.6 Å². The van der Waals surface area contributed by atoms with Crippen molar-refractivity contribution in [1.29, 1.82) is 0 Å². The summed E-state index contributed by atoms with van der Waals surface area (Å²) in [6.45, 7) is 2.15. The number of carbonyl (C=O) groups excluding carboxylic acids is 3. The lowest BCUT2D eigenvalue weighted by Gasteiger charge is -2.20. The third-order valence-corrected chi connectivity index (χ3v) is 4.75. The third-order valence-electron chi connectivity index (χ3n) is 4.75. The first-order chi connectivity index (χ1) is 13.0. The minimum atomic E-state index is -0.510.